The van der Waals surface area contributed by atoms with Crippen LogP contribution in [0.5, 0.6) is 5.88 Å². The van der Waals surface area contributed by atoms with Crippen molar-refractivity contribution in [1.29, 1.82) is 0 Å². The van der Waals surface area contributed by atoms with Gasteiger partial charge in [-0.3, -0.25) is 0 Å². The molecule has 0 spiro atoms. The van der Waals surface area contributed by atoms with Crippen molar-refractivity contribution in [2.75, 3.05) is 0 Å². The molecule has 0 aliphatic carbocycles. The summed E-state index contributed by atoms with van der Waals surface area (Å²) in [6.45, 7) is 4.41. The molecular weight excluding hydrogens is 434 g/mol. The fraction of sp³-hybridized carbons (Fsp3) is 0.593. The molecule has 1 aromatic carbocycles. The standard InChI is InChI=1S/C27H39NO4S/c1-3-5-7-9-11-13-15-21-17-18-23(26(29)30)25(27(31)32-24-19-20-33-28-24)22(21)16-14-12-10-8-6-4-2/h17-20H,3-16H2,1-2H3,(H,29,30). The number of aromatic nitrogens is 1. The van der Waals surface area contributed by atoms with Crippen molar-refractivity contribution >= 4 is 23.5 Å². The van der Waals surface area contributed by atoms with Gasteiger partial charge in [-0.2, -0.15) is 4.37 Å². The van der Waals surface area contributed by atoms with E-state index >= 15 is 0 Å². The molecule has 1 heterocycles. The largest absolute Gasteiger partial charge is 0.478 e. The number of hydrogen-bond donors (Lipinski definition) is 1. The summed E-state index contributed by atoms with van der Waals surface area (Å²) < 4.78 is 9.50. The maximum atomic E-state index is 13.1. The number of benzene rings is 1. The molecule has 0 saturated heterocycles. The molecule has 0 amide bonds. The van der Waals surface area contributed by atoms with E-state index < -0.39 is 11.9 Å². The van der Waals surface area contributed by atoms with Crippen LogP contribution < -0.4 is 4.74 Å². The number of carbonyl (C=O) groups excluding carboxylic acids is 1. The number of aromatic carboxylic acids is 1. The molecule has 2 aromatic rings. The minimum atomic E-state index is -1.10. The number of carboxylic acids is 1. The summed E-state index contributed by atoms with van der Waals surface area (Å²) in [5.74, 6) is -1.51. The molecule has 2 rings (SSSR count). The van der Waals surface area contributed by atoms with Crippen LogP contribution in [0.4, 0.5) is 0 Å². The molecule has 0 radical (unpaired) electrons. The highest BCUT2D eigenvalue weighted by atomic mass is 32.1. The minimum absolute atomic E-state index is 0.0166. The van der Waals surface area contributed by atoms with Crippen molar-refractivity contribution in [3.8, 4) is 5.88 Å². The smallest absolute Gasteiger partial charge is 0.346 e. The number of unbranched alkanes of at least 4 members (excludes halogenated alkanes) is 10. The second-order valence-corrected chi connectivity index (χ2v) is 9.36. The fourth-order valence-electron chi connectivity index (χ4n) is 4.20. The van der Waals surface area contributed by atoms with Crippen molar-refractivity contribution < 1.29 is 19.4 Å². The molecule has 0 unspecified atom stereocenters. The van der Waals surface area contributed by atoms with Crippen molar-refractivity contribution in [2.45, 2.75) is 104 Å². The van der Waals surface area contributed by atoms with Gasteiger partial charge in [-0.25, -0.2) is 9.59 Å². The van der Waals surface area contributed by atoms with Crippen molar-refractivity contribution in [2.24, 2.45) is 0 Å². The zero-order valence-electron chi connectivity index (χ0n) is 20.2. The van der Waals surface area contributed by atoms with E-state index in [1.165, 1.54) is 56.5 Å². The van der Waals surface area contributed by atoms with E-state index in [0.717, 1.165) is 49.7 Å². The molecule has 0 saturated carbocycles. The maximum absolute atomic E-state index is 13.1. The molecule has 0 aliphatic heterocycles. The lowest BCUT2D eigenvalue weighted by atomic mass is 9.89. The van der Waals surface area contributed by atoms with E-state index in [4.69, 9.17) is 4.74 Å². The average molecular weight is 474 g/mol. The van der Waals surface area contributed by atoms with Crippen LogP contribution in [-0.2, 0) is 12.8 Å². The zero-order chi connectivity index (χ0) is 23.9. The summed E-state index contributed by atoms with van der Waals surface area (Å²) in [7, 11) is 0. The molecule has 6 heteroatoms. The third-order valence-electron chi connectivity index (χ3n) is 6.04. The SMILES string of the molecule is CCCCCCCCc1ccc(C(=O)O)c(C(=O)Oc2ccsn2)c1CCCCCCCC. The van der Waals surface area contributed by atoms with Gasteiger partial charge < -0.3 is 9.84 Å². The second-order valence-electron chi connectivity index (χ2n) is 8.69. The Morgan fingerprint density at radius 3 is 2.03 bits per heavy atom. The number of carbonyl (C=O) groups is 2. The van der Waals surface area contributed by atoms with Crippen molar-refractivity contribution in [3.63, 3.8) is 0 Å². The summed E-state index contributed by atoms with van der Waals surface area (Å²) in [6.07, 6.45) is 15.5. The Hall–Kier alpha value is -2.21. The van der Waals surface area contributed by atoms with E-state index in [1.54, 1.807) is 17.5 Å². The molecule has 182 valence electrons. The molecule has 5 nitrogen and oxygen atoms in total. The predicted octanol–water partition coefficient (Wildman–Crippen LogP) is 7.87. The van der Waals surface area contributed by atoms with Gasteiger partial charge in [-0.1, -0.05) is 84.1 Å². The Bertz CT molecular complexity index is 848. The highest BCUT2D eigenvalue weighted by Crippen LogP contribution is 2.26. The van der Waals surface area contributed by atoms with Crippen molar-refractivity contribution in [1.82, 2.24) is 4.37 Å². The van der Waals surface area contributed by atoms with Gasteiger partial charge in [0.15, 0.2) is 0 Å². The highest BCUT2D eigenvalue weighted by molar-refractivity contribution is 7.03. The van der Waals surface area contributed by atoms with Crippen LogP contribution in [-0.4, -0.2) is 21.4 Å². The normalized spacial score (nSPS) is 11.0. The van der Waals surface area contributed by atoms with Gasteiger partial charge in [-0.15, -0.1) is 0 Å². The summed E-state index contributed by atoms with van der Waals surface area (Å²) in [4.78, 5) is 25.1. The van der Waals surface area contributed by atoms with Gasteiger partial charge in [-0.05, 0) is 54.4 Å². The number of carboxylic acid groups (broad SMARTS) is 1. The molecule has 0 atom stereocenters. The van der Waals surface area contributed by atoms with E-state index in [1.807, 2.05) is 6.07 Å². The predicted molar refractivity (Wildman–Crippen MR) is 135 cm³/mol. The number of esters is 1. The first kappa shape index (κ1) is 27.0. The number of rotatable bonds is 17. The van der Waals surface area contributed by atoms with Crippen LogP contribution in [0.15, 0.2) is 23.6 Å². The molecule has 33 heavy (non-hydrogen) atoms. The van der Waals surface area contributed by atoms with E-state index in [9.17, 15) is 14.7 Å². The monoisotopic (exact) mass is 473 g/mol. The third-order valence-corrected chi connectivity index (χ3v) is 6.58. The Labute approximate surface area is 202 Å². The quantitative estimate of drug-likeness (QED) is 0.187. The summed E-state index contributed by atoms with van der Waals surface area (Å²) in [5, 5.41) is 11.5. The number of aryl methyl sites for hydroxylation is 1. The molecule has 1 N–H and O–H groups in total. The average Bonchev–Trinajstić information content (AvgIpc) is 3.31. The van der Waals surface area contributed by atoms with Gasteiger partial charge in [0, 0.05) is 11.4 Å². The van der Waals surface area contributed by atoms with Crippen LogP contribution in [0.25, 0.3) is 0 Å². The molecular formula is C27H39NO4S. The van der Waals surface area contributed by atoms with Crippen LogP contribution in [0.2, 0.25) is 0 Å². The Balaban J connectivity index is 2.22. The zero-order valence-corrected chi connectivity index (χ0v) is 21.1. The van der Waals surface area contributed by atoms with Crippen LogP contribution in [0, 0.1) is 0 Å². The first-order valence-corrected chi connectivity index (χ1v) is 13.4. The maximum Gasteiger partial charge on any atom is 0.346 e. The minimum Gasteiger partial charge on any atom is -0.478 e. The molecule has 0 aliphatic rings. The number of hydrogen-bond acceptors (Lipinski definition) is 5. The van der Waals surface area contributed by atoms with Crippen molar-refractivity contribution in [3.05, 3.63) is 45.8 Å². The van der Waals surface area contributed by atoms with Crippen LogP contribution >= 0.6 is 11.5 Å². The summed E-state index contributed by atoms with van der Waals surface area (Å²) in [5.41, 5.74) is 2.14. The highest BCUT2D eigenvalue weighted by Gasteiger charge is 2.25. The van der Waals surface area contributed by atoms with E-state index in [2.05, 4.69) is 18.2 Å². The Morgan fingerprint density at radius 1 is 0.848 bits per heavy atom. The summed E-state index contributed by atoms with van der Waals surface area (Å²) >= 11 is 1.19. The lowest BCUT2D eigenvalue weighted by Crippen LogP contribution is -2.19. The Kier molecular flexibility index (Phi) is 12.8. The molecule has 0 fully saturated rings. The number of nitrogens with zero attached hydrogens (tertiary/aromatic N) is 1. The van der Waals surface area contributed by atoms with Gasteiger partial charge in [0.05, 0.1) is 11.1 Å². The summed E-state index contributed by atoms with van der Waals surface area (Å²) in [6, 6.07) is 5.09. The van der Waals surface area contributed by atoms with Gasteiger partial charge in [0.25, 0.3) is 0 Å². The topological polar surface area (TPSA) is 76.5 Å². The first-order valence-electron chi connectivity index (χ1n) is 12.6. The van der Waals surface area contributed by atoms with Gasteiger partial charge in [0.1, 0.15) is 0 Å². The molecule has 0 bridgehead atoms. The first-order chi connectivity index (χ1) is 16.1. The second kappa shape index (κ2) is 15.6. The number of ether oxygens (including phenoxy) is 1. The van der Waals surface area contributed by atoms with E-state index in [0.29, 0.717) is 6.42 Å². The lowest BCUT2D eigenvalue weighted by Gasteiger charge is -2.17. The Morgan fingerprint density at radius 2 is 1.45 bits per heavy atom. The molecule has 1 aromatic heterocycles. The lowest BCUT2D eigenvalue weighted by molar-refractivity contribution is 0.0665. The third kappa shape index (κ3) is 9.28. The van der Waals surface area contributed by atoms with Crippen LogP contribution in [0.3, 0.4) is 0 Å². The van der Waals surface area contributed by atoms with Gasteiger partial charge >= 0.3 is 11.9 Å². The fourth-order valence-corrected chi connectivity index (χ4v) is 4.64. The van der Waals surface area contributed by atoms with E-state index in [-0.39, 0.29) is 17.0 Å². The van der Waals surface area contributed by atoms with Gasteiger partial charge in [0.2, 0.25) is 5.88 Å². The van der Waals surface area contributed by atoms with Crippen LogP contribution in [0.1, 0.15) is 123 Å².